The number of nitrogens with two attached hydrogens (primary N) is 1. The Hall–Kier alpha value is -3.88. The van der Waals surface area contributed by atoms with Gasteiger partial charge < -0.3 is 19.1 Å². The van der Waals surface area contributed by atoms with Gasteiger partial charge in [0.05, 0.1) is 58.7 Å². The van der Waals surface area contributed by atoms with Crippen LogP contribution in [0, 0.1) is 22.7 Å². The van der Waals surface area contributed by atoms with Gasteiger partial charge >= 0.3 is 26.6 Å². The third-order valence-electron chi connectivity index (χ3n) is 12.6. The van der Waals surface area contributed by atoms with Crippen molar-refractivity contribution in [1.29, 1.82) is 0 Å². The number of aromatic nitrogens is 1. The summed E-state index contributed by atoms with van der Waals surface area (Å²) in [7, 11) is -8.22. The first-order valence-corrected chi connectivity index (χ1v) is 26.4. The van der Waals surface area contributed by atoms with E-state index in [1.54, 1.807) is 45.0 Å². The minimum absolute atomic E-state index is 0.0176. The van der Waals surface area contributed by atoms with Gasteiger partial charge in [0.15, 0.2) is 5.78 Å². The molecule has 4 fully saturated rings. The number of hydrogen-bond donors (Lipinski definition) is 2. The van der Waals surface area contributed by atoms with Gasteiger partial charge in [0.25, 0.3) is 0 Å². The highest BCUT2D eigenvalue weighted by atomic mass is 35.5. The summed E-state index contributed by atoms with van der Waals surface area (Å²) in [4.78, 5) is 62.2. The largest absolute Gasteiger partial charge is 0.488 e. The number of nitrogens with one attached hydrogen (secondary N) is 1. The van der Waals surface area contributed by atoms with Crippen LogP contribution in [0.15, 0.2) is 36.9 Å². The van der Waals surface area contributed by atoms with Crippen LogP contribution in [0.1, 0.15) is 139 Å². The van der Waals surface area contributed by atoms with Gasteiger partial charge in [-0.15, -0.1) is 6.58 Å². The molecular formula is C47H69ClN4O13S2. The molecular weight excluding hydrogens is 928 g/mol. The number of amides is 2. The lowest BCUT2D eigenvalue weighted by molar-refractivity contribution is -0.161. The van der Waals surface area contributed by atoms with Gasteiger partial charge in [-0.05, 0) is 96.1 Å². The van der Waals surface area contributed by atoms with E-state index in [2.05, 4.69) is 16.3 Å². The van der Waals surface area contributed by atoms with Gasteiger partial charge in [0.2, 0.25) is 17.7 Å². The van der Waals surface area contributed by atoms with E-state index >= 15 is 0 Å². The molecule has 17 nitrogen and oxygen atoms in total. The molecule has 2 amide bonds. The Kier molecular flexibility index (Phi) is 16.6. The maximum absolute atomic E-state index is 14.7. The van der Waals surface area contributed by atoms with Gasteiger partial charge in [-0.25, -0.2) is 19.0 Å². The lowest BCUT2D eigenvalue weighted by Gasteiger charge is -2.35. The van der Waals surface area contributed by atoms with Gasteiger partial charge in [0.1, 0.15) is 17.5 Å². The van der Waals surface area contributed by atoms with Crippen LogP contribution in [0.3, 0.4) is 0 Å². The summed E-state index contributed by atoms with van der Waals surface area (Å²) >= 11 is 6.52. The number of pyridine rings is 1. The molecule has 1 aromatic heterocycles. The van der Waals surface area contributed by atoms with Crippen LogP contribution in [0.2, 0.25) is 5.02 Å². The van der Waals surface area contributed by atoms with Crippen LogP contribution in [0.4, 0.5) is 0 Å². The number of carbonyl (C=O) groups excluding carboxylic acids is 4. The molecule has 374 valence electrons. The van der Waals surface area contributed by atoms with E-state index in [-0.39, 0.29) is 38.1 Å². The Balaban J connectivity index is 0.000000669. The van der Waals surface area contributed by atoms with E-state index in [1.165, 1.54) is 11.0 Å². The SMILES string of the molecule is C=C[C@@H]1C[C@]1(CC(=O)[C@@H]1C[C@@H](Oc2cc(OCC)nc3c(Cl)cccc23)CN1C(=O)[C@@H](CC(=O)OC(C)(C)C)C(C)(C)C)C(=O)NS(=O)(=O)OC1(CCC)CC1.CCCC1(OS(N)(=O)=O)CC1. The number of esters is 1. The zero-order valence-corrected chi connectivity index (χ0v) is 42.7. The number of rotatable bonds is 21. The fourth-order valence-corrected chi connectivity index (χ4v) is 11.0. The zero-order chi connectivity index (χ0) is 50.0. The van der Waals surface area contributed by atoms with E-state index in [1.807, 2.05) is 41.5 Å². The molecule has 4 aliphatic rings. The maximum atomic E-state index is 14.7. The fraction of sp³-hybridized carbons (Fsp3) is 0.681. The third kappa shape index (κ3) is 14.3. The van der Waals surface area contributed by atoms with E-state index in [4.69, 9.17) is 39.3 Å². The Labute approximate surface area is 401 Å². The number of hydrogen-bond acceptors (Lipinski definition) is 14. The van der Waals surface area contributed by atoms with Crippen LogP contribution in [-0.4, -0.2) is 92.4 Å². The van der Waals surface area contributed by atoms with E-state index < -0.39 is 95.8 Å². The number of nitrogens with zero attached hydrogens (tertiary/aromatic N) is 2. The molecule has 2 aromatic rings. The average molecular weight is 998 g/mol. The first-order chi connectivity index (χ1) is 31.0. The van der Waals surface area contributed by atoms with Gasteiger partial charge in [-0.1, -0.05) is 71.2 Å². The number of Topliss-reactive ketones (excluding diaryl/α,β-unsaturated/α-hetero) is 1. The highest BCUT2D eigenvalue weighted by Crippen LogP contribution is 2.57. The van der Waals surface area contributed by atoms with Crippen molar-refractivity contribution in [2.75, 3.05) is 13.2 Å². The molecule has 3 saturated carbocycles. The second-order valence-electron chi connectivity index (χ2n) is 20.5. The molecule has 1 aromatic carbocycles. The van der Waals surface area contributed by atoms with Crippen molar-refractivity contribution in [3.63, 3.8) is 0 Å². The highest BCUT2D eigenvalue weighted by molar-refractivity contribution is 7.85. The molecule has 0 bridgehead atoms. The molecule has 67 heavy (non-hydrogen) atoms. The van der Waals surface area contributed by atoms with Crippen LogP contribution in [-0.2, 0) is 52.9 Å². The molecule has 1 saturated heterocycles. The molecule has 5 atom stereocenters. The predicted octanol–water partition coefficient (Wildman–Crippen LogP) is 7.43. The minimum Gasteiger partial charge on any atom is -0.488 e. The van der Waals surface area contributed by atoms with Crippen molar-refractivity contribution in [2.45, 2.75) is 168 Å². The van der Waals surface area contributed by atoms with Crippen molar-refractivity contribution < 1.29 is 58.6 Å². The van der Waals surface area contributed by atoms with Crippen molar-refractivity contribution in [2.24, 2.45) is 27.8 Å². The summed E-state index contributed by atoms with van der Waals surface area (Å²) in [5.41, 5.74) is -3.70. The topological polar surface area (TPSA) is 237 Å². The van der Waals surface area contributed by atoms with Gasteiger partial charge in [0, 0.05) is 24.3 Å². The number of benzene rings is 1. The minimum atomic E-state index is -4.47. The van der Waals surface area contributed by atoms with Crippen LogP contribution < -0.4 is 19.3 Å². The van der Waals surface area contributed by atoms with Crippen molar-refractivity contribution in [3.8, 4) is 11.6 Å². The summed E-state index contributed by atoms with van der Waals surface area (Å²) in [5, 5.41) is 5.73. The summed E-state index contributed by atoms with van der Waals surface area (Å²) < 4.78 is 77.3. The number of ketones is 1. The third-order valence-corrected chi connectivity index (χ3v) is 14.4. The molecule has 0 spiro atoms. The standard InChI is InChI=1S/C41H56ClN3O10S.C6H13NO3S/c1-10-16-40(17-18-40)55-56(50,51)44-37(49)41(22-25(41)11-2)23-31(46)30-19-26(53-32-21-33(52-12-3)43-35-27(32)14-13-15-29(35)42)24-45(30)36(48)28(38(4,5)6)20-34(47)54-39(7,8)9;1-2-3-6(4-5-6)10-11(7,8)9/h11,13-15,21,25-26,28,30H,2,10,12,16-20,22-24H2,1,3-9H3,(H,44,49);2-5H2,1H3,(H2,7,8,9)/t25-,26-,28-,30+,41-;/m1./s1. The summed E-state index contributed by atoms with van der Waals surface area (Å²) in [6, 6.07) is 5.83. The molecule has 6 rings (SSSR count). The first-order valence-electron chi connectivity index (χ1n) is 23.1. The Morgan fingerprint density at radius 1 is 0.985 bits per heavy atom. The van der Waals surface area contributed by atoms with Crippen LogP contribution in [0.25, 0.3) is 10.9 Å². The van der Waals surface area contributed by atoms with Crippen LogP contribution >= 0.6 is 11.6 Å². The second kappa shape index (κ2) is 20.6. The highest BCUT2D eigenvalue weighted by Gasteiger charge is 2.62. The van der Waals surface area contributed by atoms with Crippen molar-refractivity contribution in [3.05, 3.63) is 41.9 Å². The number of halogens is 1. The quantitative estimate of drug-likeness (QED) is 0.0914. The van der Waals surface area contributed by atoms with Crippen molar-refractivity contribution in [1.82, 2.24) is 14.6 Å². The van der Waals surface area contributed by atoms with Gasteiger partial charge in [-0.3, -0.25) is 23.4 Å². The number of ether oxygens (including phenoxy) is 3. The van der Waals surface area contributed by atoms with Crippen LogP contribution in [0.5, 0.6) is 11.6 Å². The molecule has 0 radical (unpaired) electrons. The molecule has 1 aliphatic heterocycles. The maximum Gasteiger partial charge on any atom is 0.362 e. The lowest BCUT2D eigenvalue weighted by Crippen LogP contribution is -2.49. The predicted molar refractivity (Wildman–Crippen MR) is 252 cm³/mol. The molecule has 3 aliphatic carbocycles. The summed E-state index contributed by atoms with van der Waals surface area (Å²) in [6.07, 6.45) is 6.22. The number of fused-ring (bicyclic) bond motifs is 1. The van der Waals surface area contributed by atoms with E-state index in [0.29, 0.717) is 54.0 Å². The monoisotopic (exact) mass is 996 g/mol. The Morgan fingerprint density at radius 3 is 2.10 bits per heavy atom. The molecule has 20 heteroatoms. The van der Waals surface area contributed by atoms with E-state index in [0.717, 1.165) is 25.7 Å². The summed E-state index contributed by atoms with van der Waals surface area (Å²) in [5.74, 6) is -2.99. The number of likely N-dealkylation sites (tertiary alicyclic amines) is 1. The zero-order valence-electron chi connectivity index (χ0n) is 40.3. The van der Waals surface area contributed by atoms with Crippen molar-refractivity contribution >= 4 is 66.7 Å². The smallest absolute Gasteiger partial charge is 0.362 e. The Morgan fingerprint density at radius 2 is 1.60 bits per heavy atom. The first kappa shape index (κ1) is 54.1. The number of para-hydroxylation sites is 1. The molecule has 0 unspecified atom stereocenters. The summed E-state index contributed by atoms with van der Waals surface area (Å²) in [6.45, 7) is 20.7. The lowest BCUT2D eigenvalue weighted by atomic mass is 9.77. The number of carbonyl (C=O) groups is 4. The van der Waals surface area contributed by atoms with E-state index in [9.17, 15) is 36.0 Å². The fourth-order valence-electron chi connectivity index (χ4n) is 8.88. The average Bonchev–Trinajstić information content (AvgIpc) is 4.16. The molecule has 2 heterocycles. The van der Waals surface area contributed by atoms with Gasteiger partial charge in [-0.2, -0.15) is 16.8 Å². The second-order valence-corrected chi connectivity index (χ2v) is 23.3. The molecule has 3 N–H and O–H groups in total. The number of allylic oxidation sites excluding steroid dienone is 1. The Bertz CT molecular complexity index is 2410. The normalized spacial score (nSPS) is 23.3.